The lowest BCUT2D eigenvalue weighted by Gasteiger charge is -2.22. The minimum Gasteiger partial charge on any atom is -0.280 e. The maximum atomic E-state index is 13.3. The van der Waals surface area contributed by atoms with Gasteiger partial charge in [-0.2, -0.15) is 0 Å². The second-order valence-electron chi connectivity index (χ2n) is 7.73. The van der Waals surface area contributed by atoms with Gasteiger partial charge >= 0.3 is 0 Å². The van der Waals surface area contributed by atoms with Crippen LogP contribution in [0.25, 0.3) is 0 Å². The summed E-state index contributed by atoms with van der Waals surface area (Å²) in [7, 11) is -3.35. The van der Waals surface area contributed by atoms with Gasteiger partial charge in [0.25, 0.3) is 5.91 Å². The molecule has 1 aromatic heterocycles. The van der Waals surface area contributed by atoms with Crippen LogP contribution in [-0.2, 0) is 29.3 Å². The van der Waals surface area contributed by atoms with Gasteiger partial charge in [0, 0.05) is 23.0 Å². The summed E-state index contributed by atoms with van der Waals surface area (Å²) in [6, 6.07) is 5.12. The molecule has 1 atom stereocenters. The topological polar surface area (TPSA) is 70.6 Å². The molecule has 0 fully saturated rings. The fourth-order valence-electron chi connectivity index (χ4n) is 4.23. The molecule has 0 spiro atoms. The molecule has 1 aromatic carbocycles. The van der Waals surface area contributed by atoms with E-state index in [1.54, 1.807) is 34.4 Å². The van der Waals surface area contributed by atoms with Crippen molar-refractivity contribution < 1.29 is 13.2 Å². The van der Waals surface area contributed by atoms with Gasteiger partial charge < -0.3 is 0 Å². The number of aromatic nitrogens is 1. The first-order chi connectivity index (χ1) is 13.8. The Bertz CT molecular complexity index is 1050. The molecule has 0 radical (unpaired) electrons. The Hall–Kier alpha value is -2.19. The number of carbonyl (C=O) groups excluding carboxylic acids is 1. The fourth-order valence-corrected chi connectivity index (χ4v) is 6.65. The van der Waals surface area contributed by atoms with Gasteiger partial charge in [0.1, 0.15) is 0 Å². The summed E-state index contributed by atoms with van der Waals surface area (Å²) in [5, 5.41) is 0.716. The van der Waals surface area contributed by atoms with Gasteiger partial charge in [-0.1, -0.05) is 6.08 Å². The standard InChI is InChI=1S/C21H25N3O3S2/c1-4-11-23(21-22-17-7-5-6-8-19(17)28-21)20(25)15-9-10-18-16(13-15)12-14(2)24(18)29(3,26)27/h4,9-10,13-14H,1,5-8,11-12H2,2-3H3/t14-/m0/s1. The van der Waals surface area contributed by atoms with Crippen LogP contribution in [0.3, 0.4) is 0 Å². The lowest BCUT2D eigenvalue weighted by Crippen LogP contribution is -2.34. The second kappa shape index (κ2) is 7.57. The molecule has 0 bridgehead atoms. The van der Waals surface area contributed by atoms with Crippen LogP contribution in [0, 0.1) is 0 Å². The predicted octanol–water partition coefficient (Wildman–Crippen LogP) is 3.57. The summed E-state index contributed by atoms with van der Waals surface area (Å²) in [5.41, 5.74) is 3.20. The Morgan fingerprint density at radius 2 is 2.14 bits per heavy atom. The minimum atomic E-state index is -3.35. The van der Waals surface area contributed by atoms with Crippen LogP contribution in [0.2, 0.25) is 0 Å². The summed E-state index contributed by atoms with van der Waals surface area (Å²) >= 11 is 1.59. The first kappa shape index (κ1) is 20.1. The third-order valence-electron chi connectivity index (χ3n) is 5.46. The van der Waals surface area contributed by atoms with E-state index < -0.39 is 10.0 Å². The van der Waals surface area contributed by atoms with Crippen molar-refractivity contribution in [1.29, 1.82) is 0 Å². The van der Waals surface area contributed by atoms with E-state index in [9.17, 15) is 13.2 Å². The van der Waals surface area contributed by atoms with E-state index in [0.29, 0.717) is 29.3 Å². The van der Waals surface area contributed by atoms with Gasteiger partial charge in [-0.15, -0.1) is 17.9 Å². The number of amides is 1. The Morgan fingerprint density at radius 1 is 1.38 bits per heavy atom. The van der Waals surface area contributed by atoms with E-state index >= 15 is 0 Å². The monoisotopic (exact) mass is 431 g/mol. The quantitative estimate of drug-likeness (QED) is 0.679. The number of benzene rings is 1. The molecule has 2 heterocycles. The highest BCUT2D eigenvalue weighted by Gasteiger charge is 2.33. The van der Waals surface area contributed by atoms with Crippen molar-refractivity contribution in [1.82, 2.24) is 4.98 Å². The molecule has 1 amide bonds. The summed E-state index contributed by atoms with van der Waals surface area (Å²) in [6.07, 6.45) is 7.83. The van der Waals surface area contributed by atoms with Crippen molar-refractivity contribution in [3.05, 3.63) is 52.6 Å². The first-order valence-corrected chi connectivity index (χ1v) is 12.5. The maximum absolute atomic E-state index is 13.3. The van der Waals surface area contributed by atoms with Gasteiger partial charge in [0.15, 0.2) is 5.13 Å². The molecule has 1 aliphatic heterocycles. The first-order valence-electron chi connectivity index (χ1n) is 9.83. The number of sulfonamides is 1. The normalized spacial score (nSPS) is 18.3. The third-order valence-corrected chi connectivity index (χ3v) is 7.91. The van der Waals surface area contributed by atoms with Crippen molar-refractivity contribution >= 4 is 38.1 Å². The Balaban J connectivity index is 1.67. The van der Waals surface area contributed by atoms with Crippen LogP contribution in [0.4, 0.5) is 10.8 Å². The van der Waals surface area contributed by atoms with E-state index in [2.05, 4.69) is 6.58 Å². The zero-order chi connectivity index (χ0) is 20.8. The number of hydrogen-bond acceptors (Lipinski definition) is 5. The van der Waals surface area contributed by atoms with Gasteiger partial charge in [-0.25, -0.2) is 13.4 Å². The van der Waals surface area contributed by atoms with Crippen LogP contribution >= 0.6 is 11.3 Å². The lowest BCUT2D eigenvalue weighted by atomic mass is 10.0. The number of thiazole rings is 1. The largest absolute Gasteiger partial charge is 0.280 e. The summed E-state index contributed by atoms with van der Waals surface area (Å²) in [5.74, 6) is -0.135. The molecule has 2 aliphatic rings. The van der Waals surface area contributed by atoms with E-state index in [1.165, 1.54) is 21.9 Å². The zero-order valence-electron chi connectivity index (χ0n) is 16.7. The van der Waals surface area contributed by atoms with E-state index in [-0.39, 0.29) is 11.9 Å². The Kier molecular flexibility index (Phi) is 5.25. The second-order valence-corrected chi connectivity index (χ2v) is 10.7. The minimum absolute atomic E-state index is 0.135. The van der Waals surface area contributed by atoms with Gasteiger partial charge in [0.05, 0.1) is 17.6 Å². The molecule has 29 heavy (non-hydrogen) atoms. The average Bonchev–Trinajstić information content (AvgIpc) is 3.24. The van der Waals surface area contributed by atoms with Crippen LogP contribution in [-0.4, -0.2) is 38.2 Å². The van der Waals surface area contributed by atoms with Crippen LogP contribution in [0.5, 0.6) is 0 Å². The average molecular weight is 432 g/mol. The smallest absolute Gasteiger partial charge is 0.260 e. The highest BCUT2D eigenvalue weighted by Crippen LogP contribution is 2.36. The van der Waals surface area contributed by atoms with Crippen LogP contribution in [0.15, 0.2) is 30.9 Å². The number of rotatable bonds is 5. The van der Waals surface area contributed by atoms with Crippen LogP contribution in [0.1, 0.15) is 46.3 Å². The van der Waals surface area contributed by atoms with Crippen molar-refractivity contribution in [3.8, 4) is 0 Å². The van der Waals surface area contributed by atoms with Crippen molar-refractivity contribution in [2.45, 2.75) is 45.1 Å². The number of fused-ring (bicyclic) bond motifs is 2. The molecule has 8 heteroatoms. The molecule has 154 valence electrons. The number of hydrogen-bond donors (Lipinski definition) is 0. The molecule has 0 saturated carbocycles. The van der Waals surface area contributed by atoms with Gasteiger partial charge in [-0.05, 0) is 62.8 Å². The van der Waals surface area contributed by atoms with Crippen molar-refractivity contribution in [3.63, 3.8) is 0 Å². The maximum Gasteiger partial charge on any atom is 0.260 e. The predicted molar refractivity (Wildman–Crippen MR) is 118 cm³/mol. The molecule has 2 aromatic rings. The molecule has 4 rings (SSSR count). The van der Waals surface area contributed by atoms with E-state index in [0.717, 1.165) is 30.5 Å². The van der Waals surface area contributed by atoms with Crippen LogP contribution < -0.4 is 9.21 Å². The Labute approximate surface area is 175 Å². The molecular weight excluding hydrogens is 406 g/mol. The summed E-state index contributed by atoms with van der Waals surface area (Å²) in [6.45, 7) is 6.06. The van der Waals surface area contributed by atoms with Crippen molar-refractivity contribution in [2.75, 3.05) is 22.0 Å². The zero-order valence-corrected chi connectivity index (χ0v) is 18.4. The van der Waals surface area contributed by atoms with E-state index in [1.807, 2.05) is 13.0 Å². The van der Waals surface area contributed by atoms with Gasteiger partial charge in [-0.3, -0.25) is 14.0 Å². The highest BCUT2D eigenvalue weighted by molar-refractivity contribution is 7.92. The fraction of sp³-hybridized carbons (Fsp3) is 0.429. The number of anilines is 2. The highest BCUT2D eigenvalue weighted by atomic mass is 32.2. The molecule has 1 aliphatic carbocycles. The summed E-state index contributed by atoms with van der Waals surface area (Å²) in [4.78, 5) is 21.0. The third kappa shape index (κ3) is 3.71. The summed E-state index contributed by atoms with van der Waals surface area (Å²) < 4.78 is 25.7. The SMILES string of the molecule is C=CCN(C(=O)c1ccc2c(c1)C[C@H](C)N2S(C)(=O)=O)c1nc2c(s1)CCCC2. The van der Waals surface area contributed by atoms with Gasteiger partial charge in [0.2, 0.25) is 10.0 Å². The number of aryl methyl sites for hydroxylation is 2. The molecular formula is C21H25N3O3S2. The van der Waals surface area contributed by atoms with Crippen molar-refractivity contribution in [2.24, 2.45) is 0 Å². The number of nitrogens with zero attached hydrogens (tertiary/aromatic N) is 3. The Morgan fingerprint density at radius 3 is 2.83 bits per heavy atom. The molecule has 0 unspecified atom stereocenters. The molecule has 6 nitrogen and oxygen atoms in total. The number of carbonyl (C=O) groups is 1. The lowest BCUT2D eigenvalue weighted by molar-refractivity contribution is 0.0989. The molecule has 0 N–H and O–H groups in total. The molecule has 0 saturated heterocycles. The van der Waals surface area contributed by atoms with E-state index in [4.69, 9.17) is 4.98 Å².